The van der Waals surface area contributed by atoms with Crippen LogP contribution in [0.15, 0.2) is 36.4 Å². The van der Waals surface area contributed by atoms with Crippen molar-refractivity contribution in [1.29, 1.82) is 0 Å². The van der Waals surface area contributed by atoms with E-state index in [0.717, 1.165) is 41.1 Å². The third-order valence-electron chi connectivity index (χ3n) is 4.27. The molecular weight excluding hydrogens is 290 g/mol. The normalized spacial score (nSPS) is 12.9. The zero-order valence-corrected chi connectivity index (χ0v) is 13.6. The number of Topliss-reactive ketones (excluding diaryl/α,β-unsaturated/α-hetero) is 1. The number of hydrogen-bond acceptors (Lipinski definition) is 3. The summed E-state index contributed by atoms with van der Waals surface area (Å²) in [4.78, 5) is 25.1. The number of methoxy groups -OCH3 is 1. The van der Waals surface area contributed by atoms with E-state index < -0.39 is 0 Å². The van der Waals surface area contributed by atoms with Gasteiger partial charge in [-0.1, -0.05) is 6.07 Å². The third kappa shape index (κ3) is 2.72. The lowest BCUT2D eigenvalue weighted by molar-refractivity contribution is -0.116. The Bertz CT molecular complexity index is 795. The molecule has 4 heteroatoms. The Morgan fingerprint density at radius 1 is 1.09 bits per heavy atom. The molecular formula is C19H19NO3. The van der Waals surface area contributed by atoms with Gasteiger partial charge in [0.15, 0.2) is 5.78 Å². The van der Waals surface area contributed by atoms with Crippen LogP contribution in [0.2, 0.25) is 0 Å². The number of benzene rings is 2. The first-order valence-corrected chi connectivity index (χ1v) is 7.61. The van der Waals surface area contributed by atoms with E-state index in [1.807, 2.05) is 24.3 Å². The summed E-state index contributed by atoms with van der Waals surface area (Å²) in [6, 6.07) is 11.5. The molecule has 0 radical (unpaired) electrons. The highest BCUT2D eigenvalue weighted by molar-refractivity contribution is 5.97. The van der Waals surface area contributed by atoms with Gasteiger partial charge in [0, 0.05) is 30.3 Å². The van der Waals surface area contributed by atoms with E-state index in [1.54, 1.807) is 31.9 Å². The van der Waals surface area contributed by atoms with Gasteiger partial charge in [-0.25, -0.2) is 0 Å². The molecule has 0 saturated carbocycles. The highest BCUT2D eigenvalue weighted by atomic mass is 16.5. The van der Waals surface area contributed by atoms with Crippen LogP contribution in [0.3, 0.4) is 0 Å². The number of ketones is 1. The summed E-state index contributed by atoms with van der Waals surface area (Å²) in [5.41, 5.74) is 4.67. The molecule has 0 spiro atoms. The molecule has 1 aliphatic heterocycles. The van der Waals surface area contributed by atoms with Crippen LogP contribution in [-0.4, -0.2) is 25.3 Å². The molecule has 1 heterocycles. The minimum atomic E-state index is 0.0258. The van der Waals surface area contributed by atoms with Crippen LogP contribution in [0.25, 0.3) is 11.1 Å². The minimum Gasteiger partial charge on any atom is -0.496 e. The molecule has 0 atom stereocenters. The summed E-state index contributed by atoms with van der Waals surface area (Å²) >= 11 is 0. The van der Waals surface area contributed by atoms with Crippen molar-refractivity contribution in [3.8, 4) is 16.9 Å². The van der Waals surface area contributed by atoms with Gasteiger partial charge in [-0.2, -0.15) is 0 Å². The van der Waals surface area contributed by atoms with Gasteiger partial charge in [0.2, 0.25) is 5.91 Å². The zero-order valence-electron chi connectivity index (χ0n) is 13.6. The maximum absolute atomic E-state index is 11.7. The highest BCUT2D eigenvalue weighted by Crippen LogP contribution is 2.36. The quantitative estimate of drug-likeness (QED) is 0.816. The van der Waals surface area contributed by atoms with Crippen molar-refractivity contribution in [3.05, 3.63) is 47.5 Å². The van der Waals surface area contributed by atoms with Gasteiger partial charge in [-0.05, 0) is 54.8 Å². The molecule has 23 heavy (non-hydrogen) atoms. The molecule has 0 aromatic heterocycles. The van der Waals surface area contributed by atoms with Crippen molar-refractivity contribution in [2.24, 2.45) is 0 Å². The van der Waals surface area contributed by atoms with E-state index >= 15 is 0 Å². The summed E-state index contributed by atoms with van der Waals surface area (Å²) in [5, 5.41) is 0. The van der Waals surface area contributed by atoms with Crippen molar-refractivity contribution in [1.82, 2.24) is 0 Å². The molecule has 0 unspecified atom stereocenters. The lowest BCUT2D eigenvalue weighted by Gasteiger charge is -2.15. The fourth-order valence-corrected chi connectivity index (χ4v) is 3.05. The number of nitrogens with zero attached hydrogens (tertiary/aromatic N) is 1. The molecule has 2 aromatic carbocycles. The van der Waals surface area contributed by atoms with Crippen molar-refractivity contribution >= 4 is 17.4 Å². The largest absolute Gasteiger partial charge is 0.496 e. The summed E-state index contributed by atoms with van der Waals surface area (Å²) < 4.78 is 5.44. The molecule has 3 rings (SSSR count). The van der Waals surface area contributed by atoms with E-state index in [1.165, 1.54) is 0 Å². The van der Waals surface area contributed by atoms with Crippen LogP contribution in [0.5, 0.6) is 5.75 Å². The van der Waals surface area contributed by atoms with Crippen LogP contribution >= 0.6 is 0 Å². The van der Waals surface area contributed by atoms with Crippen LogP contribution < -0.4 is 9.64 Å². The molecule has 4 nitrogen and oxygen atoms in total. The van der Waals surface area contributed by atoms with Crippen LogP contribution in [-0.2, 0) is 11.2 Å². The van der Waals surface area contributed by atoms with E-state index in [-0.39, 0.29) is 11.7 Å². The molecule has 0 bridgehead atoms. The summed E-state index contributed by atoms with van der Waals surface area (Å²) in [7, 11) is 1.62. The standard InChI is InChI=1S/C19H19NO3/c1-12(21)14-5-7-19(23-3)17(11-14)15-4-6-18-16(10-15)8-9-20(18)13(2)22/h4-7,10-11H,8-9H2,1-3H3. The molecule has 1 aliphatic rings. The fourth-order valence-electron chi connectivity index (χ4n) is 3.05. The molecule has 118 valence electrons. The van der Waals surface area contributed by atoms with Crippen molar-refractivity contribution in [2.45, 2.75) is 20.3 Å². The second kappa shape index (κ2) is 5.88. The Labute approximate surface area is 135 Å². The predicted octanol–water partition coefficient (Wildman–Crippen LogP) is 3.47. The van der Waals surface area contributed by atoms with Crippen molar-refractivity contribution in [2.75, 3.05) is 18.6 Å². The molecule has 0 saturated heterocycles. The maximum atomic E-state index is 11.7. The number of amides is 1. The van der Waals surface area contributed by atoms with Gasteiger partial charge < -0.3 is 9.64 Å². The Hall–Kier alpha value is -2.62. The number of hydrogen-bond donors (Lipinski definition) is 0. The smallest absolute Gasteiger partial charge is 0.223 e. The number of carbonyl (C=O) groups excluding carboxylic acids is 2. The monoisotopic (exact) mass is 309 g/mol. The SMILES string of the molecule is COc1ccc(C(C)=O)cc1-c1ccc2c(c1)CCN2C(C)=O. The maximum Gasteiger partial charge on any atom is 0.223 e. The topological polar surface area (TPSA) is 46.6 Å². The van der Waals surface area contributed by atoms with Gasteiger partial charge in [0.1, 0.15) is 5.75 Å². The Morgan fingerprint density at radius 2 is 1.87 bits per heavy atom. The van der Waals surface area contributed by atoms with Gasteiger partial charge in [0.25, 0.3) is 0 Å². The molecule has 1 amide bonds. The molecule has 0 fully saturated rings. The van der Waals surface area contributed by atoms with Gasteiger partial charge in [-0.3, -0.25) is 9.59 Å². The van der Waals surface area contributed by atoms with Gasteiger partial charge in [0.05, 0.1) is 7.11 Å². The first kappa shape index (κ1) is 15.3. The fraction of sp³-hybridized carbons (Fsp3) is 0.263. The minimum absolute atomic E-state index is 0.0258. The summed E-state index contributed by atoms with van der Waals surface area (Å²) in [5.74, 6) is 0.821. The van der Waals surface area contributed by atoms with E-state index in [2.05, 4.69) is 6.07 Å². The van der Waals surface area contributed by atoms with Crippen LogP contribution in [0.4, 0.5) is 5.69 Å². The zero-order chi connectivity index (χ0) is 16.6. The van der Waals surface area contributed by atoms with E-state index in [0.29, 0.717) is 5.56 Å². The highest BCUT2D eigenvalue weighted by Gasteiger charge is 2.22. The lowest BCUT2D eigenvalue weighted by atomic mass is 9.98. The number of ether oxygens (including phenoxy) is 1. The predicted molar refractivity (Wildman–Crippen MR) is 90.2 cm³/mol. The van der Waals surface area contributed by atoms with Crippen LogP contribution in [0, 0.1) is 0 Å². The van der Waals surface area contributed by atoms with Crippen LogP contribution in [0.1, 0.15) is 29.8 Å². The Balaban J connectivity index is 2.08. The number of carbonyl (C=O) groups is 2. The second-order valence-electron chi connectivity index (χ2n) is 5.74. The molecule has 0 aliphatic carbocycles. The lowest BCUT2D eigenvalue weighted by Crippen LogP contribution is -2.25. The van der Waals surface area contributed by atoms with Gasteiger partial charge in [-0.15, -0.1) is 0 Å². The van der Waals surface area contributed by atoms with Crippen molar-refractivity contribution in [3.63, 3.8) is 0 Å². The summed E-state index contributed by atoms with van der Waals surface area (Å²) in [6.45, 7) is 3.86. The van der Waals surface area contributed by atoms with Crippen molar-refractivity contribution < 1.29 is 14.3 Å². The Morgan fingerprint density at radius 3 is 2.52 bits per heavy atom. The number of anilines is 1. The number of fused-ring (bicyclic) bond motifs is 1. The Kier molecular flexibility index (Phi) is 3.90. The first-order chi connectivity index (χ1) is 11.0. The van der Waals surface area contributed by atoms with E-state index in [9.17, 15) is 9.59 Å². The molecule has 0 N–H and O–H groups in total. The first-order valence-electron chi connectivity index (χ1n) is 7.61. The second-order valence-corrected chi connectivity index (χ2v) is 5.74. The number of rotatable bonds is 3. The van der Waals surface area contributed by atoms with Gasteiger partial charge >= 0.3 is 0 Å². The van der Waals surface area contributed by atoms with E-state index in [4.69, 9.17) is 4.74 Å². The summed E-state index contributed by atoms with van der Waals surface area (Å²) in [6.07, 6.45) is 0.845. The third-order valence-corrected chi connectivity index (χ3v) is 4.27. The molecule has 2 aromatic rings. The average molecular weight is 309 g/mol. The average Bonchev–Trinajstić information content (AvgIpc) is 2.97.